The second-order valence-electron chi connectivity index (χ2n) is 6.42. The van der Waals surface area contributed by atoms with E-state index in [1.165, 1.54) is 29.7 Å². The van der Waals surface area contributed by atoms with E-state index in [1.807, 2.05) is 0 Å². The van der Waals surface area contributed by atoms with E-state index in [4.69, 9.17) is 4.74 Å². The second kappa shape index (κ2) is 6.72. The smallest absolute Gasteiger partial charge is 0.0843 e. The first-order valence-corrected chi connectivity index (χ1v) is 9.28. The van der Waals surface area contributed by atoms with Crippen LogP contribution in [0.5, 0.6) is 0 Å². The molecule has 2 heterocycles. The molecular formula is C18H27NOS. The van der Waals surface area contributed by atoms with Gasteiger partial charge in [0.05, 0.1) is 12.7 Å². The maximum absolute atomic E-state index is 6.14. The Morgan fingerprint density at radius 2 is 2.29 bits per heavy atom. The number of benzene rings is 1. The predicted octanol–water partition coefficient (Wildman–Crippen LogP) is 3.95. The van der Waals surface area contributed by atoms with Crippen molar-refractivity contribution in [3.8, 4) is 0 Å². The molecule has 1 saturated heterocycles. The lowest BCUT2D eigenvalue weighted by atomic mass is 9.87. The lowest BCUT2D eigenvalue weighted by Crippen LogP contribution is -2.46. The summed E-state index contributed by atoms with van der Waals surface area (Å²) in [6.07, 6.45) is 5.09. The molecule has 0 saturated carbocycles. The van der Waals surface area contributed by atoms with Crippen LogP contribution in [0.25, 0.3) is 0 Å². The Morgan fingerprint density at radius 1 is 1.43 bits per heavy atom. The molecule has 1 aromatic carbocycles. The van der Waals surface area contributed by atoms with E-state index in [-0.39, 0.29) is 6.10 Å². The fourth-order valence-corrected chi connectivity index (χ4v) is 5.18. The van der Waals surface area contributed by atoms with Crippen LogP contribution >= 0.6 is 11.8 Å². The van der Waals surface area contributed by atoms with Gasteiger partial charge in [-0.05, 0) is 56.0 Å². The first-order chi connectivity index (χ1) is 10.2. The maximum atomic E-state index is 6.14. The monoisotopic (exact) mass is 305 g/mol. The van der Waals surface area contributed by atoms with E-state index in [9.17, 15) is 0 Å². The molecule has 0 aromatic heterocycles. The molecule has 0 bridgehead atoms. The molecule has 1 aromatic rings. The van der Waals surface area contributed by atoms with Crippen LogP contribution < -0.4 is 5.32 Å². The zero-order valence-electron chi connectivity index (χ0n) is 13.2. The van der Waals surface area contributed by atoms with Crippen molar-refractivity contribution in [1.29, 1.82) is 0 Å². The van der Waals surface area contributed by atoms with Crippen LogP contribution in [0, 0.1) is 0 Å². The van der Waals surface area contributed by atoms with Gasteiger partial charge in [-0.25, -0.2) is 0 Å². The molecule has 3 unspecified atom stereocenters. The van der Waals surface area contributed by atoms with Crippen molar-refractivity contribution < 1.29 is 4.74 Å². The van der Waals surface area contributed by atoms with Crippen molar-refractivity contribution in [3.05, 3.63) is 35.4 Å². The van der Waals surface area contributed by atoms with Crippen LogP contribution in [-0.4, -0.2) is 29.7 Å². The molecule has 3 atom stereocenters. The number of hydrogen-bond donors (Lipinski definition) is 1. The molecule has 0 radical (unpaired) electrons. The largest absolute Gasteiger partial charge is 0.373 e. The molecule has 0 spiro atoms. The van der Waals surface area contributed by atoms with E-state index in [0.717, 1.165) is 26.0 Å². The standard InChI is InChI=1S/C18H27NOS/c1-3-19-17(18(2)10-6-12-21-18)13-16-15-8-5-4-7-14(15)9-11-20-16/h4-5,7-8,16-17,19H,3,6,9-13H2,1-2H3. The van der Waals surface area contributed by atoms with Gasteiger partial charge < -0.3 is 10.1 Å². The maximum Gasteiger partial charge on any atom is 0.0843 e. The molecule has 2 nitrogen and oxygen atoms in total. The normalized spacial score (nSPS) is 30.1. The Bertz CT molecular complexity index is 470. The van der Waals surface area contributed by atoms with Gasteiger partial charge in [-0.1, -0.05) is 31.2 Å². The third-order valence-electron chi connectivity index (χ3n) is 4.98. The fraction of sp³-hybridized carbons (Fsp3) is 0.667. The summed E-state index contributed by atoms with van der Waals surface area (Å²) in [4.78, 5) is 0. The highest BCUT2D eigenvalue weighted by atomic mass is 32.2. The quantitative estimate of drug-likeness (QED) is 0.890. The third kappa shape index (κ3) is 3.30. The summed E-state index contributed by atoms with van der Waals surface area (Å²) in [5.41, 5.74) is 2.89. The highest BCUT2D eigenvalue weighted by Crippen LogP contribution is 2.44. The van der Waals surface area contributed by atoms with E-state index < -0.39 is 0 Å². The van der Waals surface area contributed by atoms with Gasteiger partial charge in [0, 0.05) is 10.8 Å². The molecule has 1 N–H and O–H groups in total. The second-order valence-corrected chi connectivity index (χ2v) is 8.05. The Hall–Kier alpha value is -0.510. The number of hydrogen-bond acceptors (Lipinski definition) is 3. The lowest BCUT2D eigenvalue weighted by molar-refractivity contribution is 0.0267. The van der Waals surface area contributed by atoms with Crippen LogP contribution in [-0.2, 0) is 11.2 Å². The Morgan fingerprint density at radius 3 is 3.05 bits per heavy atom. The molecule has 1 fully saturated rings. The van der Waals surface area contributed by atoms with Crippen LogP contribution in [0.2, 0.25) is 0 Å². The van der Waals surface area contributed by atoms with Gasteiger partial charge in [-0.3, -0.25) is 0 Å². The summed E-state index contributed by atoms with van der Waals surface area (Å²) in [5.74, 6) is 1.31. The first-order valence-electron chi connectivity index (χ1n) is 8.29. The molecule has 3 rings (SSSR count). The van der Waals surface area contributed by atoms with Crippen LogP contribution in [0.4, 0.5) is 0 Å². The number of thioether (sulfide) groups is 1. The molecule has 21 heavy (non-hydrogen) atoms. The van der Waals surface area contributed by atoms with Gasteiger partial charge in [0.15, 0.2) is 0 Å². The topological polar surface area (TPSA) is 21.3 Å². The minimum atomic E-state index is 0.261. The molecule has 3 heteroatoms. The molecule has 0 aliphatic carbocycles. The predicted molar refractivity (Wildman–Crippen MR) is 91.0 cm³/mol. The molecule has 116 valence electrons. The van der Waals surface area contributed by atoms with Gasteiger partial charge in [0.2, 0.25) is 0 Å². The van der Waals surface area contributed by atoms with E-state index >= 15 is 0 Å². The minimum absolute atomic E-state index is 0.261. The lowest BCUT2D eigenvalue weighted by Gasteiger charge is -2.37. The van der Waals surface area contributed by atoms with Gasteiger partial charge in [-0.2, -0.15) is 11.8 Å². The molecular weight excluding hydrogens is 278 g/mol. The fourth-order valence-electron chi connectivity index (χ4n) is 3.76. The Labute approximate surface area is 133 Å². The average molecular weight is 305 g/mol. The average Bonchev–Trinajstić information content (AvgIpc) is 2.95. The van der Waals surface area contributed by atoms with Crippen molar-refractivity contribution in [2.45, 2.75) is 56.4 Å². The summed E-state index contributed by atoms with van der Waals surface area (Å²) < 4.78 is 6.50. The van der Waals surface area contributed by atoms with Gasteiger partial charge >= 0.3 is 0 Å². The molecule has 2 aliphatic heterocycles. The molecule has 0 amide bonds. The summed E-state index contributed by atoms with van der Waals surface area (Å²) >= 11 is 2.14. The summed E-state index contributed by atoms with van der Waals surface area (Å²) in [7, 11) is 0. The van der Waals surface area contributed by atoms with Crippen molar-refractivity contribution in [3.63, 3.8) is 0 Å². The minimum Gasteiger partial charge on any atom is -0.373 e. The number of rotatable bonds is 5. The van der Waals surface area contributed by atoms with Crippen LogP contribution in [0.15, 0.2) is 24.3 Å². The van der Waals surface area contributed by atoms with Gasteiger partial charge in [0.25, 0.3) is 0 Å². The van der Waals surface area contributed by atoms with Crippen LogP contribution in [0.3, 0.4) is 0 Å². The van der Waals surface area contributed by atoms with Crippen LogP contribution in [0.1, 0.15) is 50.3 Å². The number of fused-ring (bicyclic) bond motifs is 1. The zero-order valence-corrected chi connectivity index (χ0v) is 14.0. The van der Waals surface area contributed by atoms with Crippen molar-refractivity contribution in [2.75, 3.05) is 18.9 Å². The van der Waals surface area contributed by atoms with E-state index in [0.29, 0.717) is 10.8 Å². The van der Waals surface area contributed by atoms with Gasteiger partial charge in [0.1, 0.15) is 0 Å². The SMILES string of the molecule is CCNC(CC1OCCc2ccccc21)C1(C)CCCS1. The van der Waals surface area contributed by atoms with Crippen molar-refractivity contribution >= 4 is 11.8 Å². The van der Waals surface area contributed by atoms with Crippen molar-refractivity contribution in [2.24, 2.45) is 0 Å². The highest BCUT2D eigenvalue weighted by molar-refractivity contribution is 8.00. The number of ether oxygens (including phenoxy) is 1. The van der Waals surface area contributed by atoms with Gasteiger partial charge in [-0.15, -0.1) is 0 Å². The number of nitrogens with one attached hydrogen (secondary N) is 1. The van der Waals surface area contributed by atoms with E-state index in [1.54, 1.807) is 0 Å². The zero-order chi connectivity index (χ0) is 14.7. The first kappa shape index (κ1) is 15.4. The summed E-state index contributed by atoms with van der Waals surface area (Å²) in [6.45, 7) is 6.55. The Kier molecular flexibility index (Phi) is 4.92. The Balaban J connectivity index is 1.77. The third-order valence-corrected chi connectivity index (χ3v) is 6.62. The summed E-state index contributed by atoms with van der Waals surface area (Å²) in [5, 5.41) is 3.74. The molecule has 2 aliphatic rings. The van der Waals surface area contributed by atoms with E-state index in [2.05, 4.69) is 55.2 Å². The van der Waals surface area contributed by atoms with Crippen molar-refractivity contribution in [1.82, 2.24) is 5.32 Å². The highest BCUT2D eigenvalue weighted by Gasteiger charge is 2.39. The summed E-state index contributed by atoms with van der Waals surface area (Å²) in [6, 6.07) is 9.35.